The van der Waals surface area contributed by atoms with Gasteiger partial charge in [0.05, 0.1) is 0 Å². The fraction of sp³-hybridized carbons (Fsp3) is 0.455. The third-order valence-electron chi connectivity index (χ3n) is 2.54. The maximum absolute atomic E-state index is 5.82. The summed E-state index contributed by atoms with van der Waals surface area (Å²) in [5.74, 6) is 1.00. The predicted octanol–water partition coefficient (Wildman–Crippen LogP) is 2.84. The number of aryl methyl sites for hydroxylation is 1. The second kappa shape index (κ2) is 4.49. The van der Waals surface area contributed by atoms with Gasteiger partial charge in [-0.05, 0) is 24.6 Å². The molecule has 0 bridgehead atoms. The van der Waals surface area contributed by atoms with Crippen molar-refractivity contribution in [3.63, 3.8) is 0 Å². The average molecular weight is 303 g/mol. The maximum Gasteiger partial charge on any atom is 0.119 e. The Labute approximate surface area is 98.5 Å². The molecule has 1 aliphatic carbocycles. The number of halogens is 1. The van der Waals surface area contributed by atoms with E-state index < -0.39 is 0 Å². The molecule has 0 atom stereocenters. The van der Waals surface area contributed by atoms with Crippen LogP contribution in [0.4, 0.5) is 0 Å². The highest BCUT2D eigenvalue weighted by Gasteiger charge is 2.29. The highest BCUT2D eigenvalue weighted by Crippen LogP contribution is 2.26. The number of nitrogens with one attached hydrogen (secondary N) is 1. The topological polar surface area (TPSA) is 21.3 Å². The normalized spacial score (nSPS) is 25.6. The van der Waals surface area contributed by atoms with E-state index in [1.165, 1.54) is 5.56 Å². The summed E-state index contributed by atoms with van der Waals surface area (Å²) in [7, 11) is 0. The van der Waals surface area contributed by atoms with E-state index in [-0.39, 0.29) is 0 Å². The molecule has 1 aromatic carbocycles. The first-order valence-corrected chi connectivity index (χ1v) is 5.95. The van der Waals surface area contributed by atoms with Crippen molar-refractivity contribution in [1.29, 1.82) is 0 Å². The highest BCUT2D eigenvalue weighted by atomic mass is 127. The fourth-order valence-electron chi connectivity index (χ4n) is 1.63. The van der Waals surface area contributed by atoms with E-state index in [0.29, 0.717) is 12.1 Å². The molecule has 0 saturated heterocycles. The predicted molar refractivity (Wildman–Crippen MR) is 65.8 cm³/mol. The molecule has 0 radical (unpaired) electrons. The van der Waals surface area contributed by atoms with Crippen LogP contribution < -0.4 is 8.27 Å². The molecule has 1 aliphatic rings. The van der Waals surface area contributed by atoms with Crippen molar-refractivity contribution in [2.45, 2.75) is 31.9 Å². The zero-order chi connectivity index (χ0) is 9.97. The minimum Gasteiger partial charge on any atom is -0.490 e. The zero-order valence-corrected chi connectivity index (χ0v) is 10.3. The Hall–Kier alpha value is -0.290. The van der Waals surface area contributed by atoms with Gasteiger partial charge in [-0.15, -0.1) is 0 Å². The van der Waals surface area contributed by atoms with Gasteiger partial charge < -0.3 is 4.74 Å². The zero-order valence-electron chi connectivity index (χ0n) is 8.16. The van der Waals surface area contributed by atoms with Crippen LogP contribution in [0.2, 0.25) is 0 Å². The fourth-order valence-corrected chi connectivity index (χ4v) is 2.14. The average Bonchev–Trinajstić information content (AvgIpc) is 2.10. The van der Waals surface area contributed by atoms with Crippen molar-refractivity contribution < 1.29 is 4.74 Å². The molecule has 2 nitrogen and oxygen atoms in total. The van der Waals surface area contributed by atoms with Crippen molar-refractivity contribution in [2.24, 2.45) is 0 Å². The number of ether oxygens (including phenoxy) is 1. The third kappa shape index (κ3) is 2.39. The minimum absolute atomic E-state index is 0.407. The van der Waals surface area contributed by atoms with Gasteiger partial charge in [0.2, 0.25) is 0 Å². The van der Waals surface area contributed by atoms with Crippen LogP contribution in [0.25, 0.3) is 0 Å². The molecule has 1 saturated carbocycles. The lowest BCUT2D eigenvalue weighted by Crippen LogP contribution is -2.43. The van der Waals surface area contributed by atoms with E-state index in [4.69, 9.17) is 4.74 Å². The van der Waals surface area contributed by atoms with E-state index in [1.807, 2.05) is 12.1 Å². The van der Waals surface area contributed by atoms with E-state index in [2.05, 4.69) is 45.5 Å². The Balaban J connectivity index is 1.87. The number of rotatable bonds is 3. The summed E-state index contributed by atoms with van der Waals surface area (Å²) < 4.78 is 9.04. The van der Waals surface area contributed by atoms with Crippen LogP contribution in [0.1, 0.15) is 18.4 Å². The lowest BCUT2D eigenvalue weighted by Gasteiger charge is -2.34. The van der Waals surface area contributed by atoms with Crippen molar-refractivity contribution >= 4 is 22.9 Å². The number of hydrogen-bond donors (Lipinski definition) is 1. The van der Waals surface area contributed by atoms with E-state index >= 15 is 0 Å². The lowest BCUT2D eigenvalue weighted by molar-refractivity contribution is 0.0973. The third-order valence-corrected chi connectivity index (χ3v) is 3.42. The Morgan fingerprint density at radius 3 is 2.86 bits per heavy atom. The van der Waals surface area contributed by atoms with Crippen LogP contribution in [0.5, 0.6) is 5.75 Å². The standard InChI is InChI=1S/C11H14INO/c1-8-3-2-4-10(5-8)14-11-6-9(7-11)13-12/h2-5,9,11,13H,6-7H2,1H3. The van der Waals surface area contributed by atoms with Crippen LogP contribution in [0.15, 0.2) is 24.3 Å². The van der Waals surface area contributed by atoms with Gasteiger partial charge in [-0.3, -0.25) is 3.53 Å². The summed E-state index contributed by atoms with van der Waals surface area (Å²) in [6.07, 6.45) is 2.65. The van der Waals surface area contributed by atoms with Gasteiger partial charge in [-0.2, -0.15) is 0 Å². The number of benzene rings is 1. The smallest absolute Gasteiger partial charge is 0.119 e. The van der Waals surface area contributed by atoms with Gasteiger partial charge in [0.15, 0.2) is 0 Å². The first-order valence-electron chi connectivity index (χ1n) is 4.87. The molecule has 0 unspecified atom stereocenters. The molecule has 0 aliphatic heterocycles. The first-order chi connectivity index (χ1) is 6.78. The molecule has 1 N–H and O–H groups in total. The number of hydrogen-bond acceptors (Lipinski definition) is 2. The summed E-state index contributed by atoms with van der Waals surface area (Å²) in [4.78, 5) is 0. The molecule has 1 fully saturated rings. The van der Waals surface area contributed by atoms with Crippen LogP contribution in [0.3, 0.4) is 0 Å². The molecule has 0 amide bonds. The summed E-state index contributed by atoms with van der Waals surface area (Å²) >= 11 is 2.21. The van der Waals surface area contributed by atoms with Crippen LogP contribution in [-0.2, 0) is 0 Å². The molecule has 3 heteroatoms. The van der Waals surface area contributed by atoms with Gasteiger partial charge in [0.1, 0.15) is 11.9 Å². The molecule has 0 aromatic heterocycles. The molecular formula is C11H14INO. The molecular weight excluding hydrogens is 289 g/mol. The first kappa shape index (κ1) is 10.2. The van der Waals surface area contributed by atoms with Gasteiger partial charge in [-0.1, -0.05) is 12.1 Å². The van der Waals surface area contributed by atoms with Crippen LogP contribution in [0, 0.1) is 6.92 Å². The Morgan fingerprint density at radius 2 is 2.21 bits per heavy atom. The van der Waals surface area contributed by atoms with Gasteiger partial charge >= 0.3 is 0 Å². The van der Waals surface area contributed by atoms with Crippen molar-refractivity contribution in [1.82, 2.24) is 3.53 Å². The van der Waals surface area contributed by atoms with E-state index in [1.54, 1.807) is 0 Å². The van der Waals surface area contributed by atoms with Crippen LogP contribution >= 0.6 is 22.9 Å². The van der Waals surface area contributed by atoms with Crippen LogP contribution in [-0.4, -0.2) is 12.1 Å². The SMILES string of the molecule is Cc1cccc(OC2CC(NI)C2)c1. The van der Waals surface area contributed by atoms with E-state index in [0.717, 1.165) is 18.6 Å². The quantitative estimate of drug-likeness (QED) is 0.685. The van der Waals surface area contributed by atoms with Crippen molar-refractivity contribution in [2.75, 3.05) is 0 Å². The lowest BCUT2D eigenvalue weighted by atomic mass is 9.90. The largest absolute Gasteiger partial charge is 0.490 e. The summed E-state index contributed by atoms with van der Waals surface area (Å²) in [5, 5.41) is 0. The molecule has 0 heterocycles. The molecule has 1 aromatic rings. The van der Waals surface area contributed by atoms with Crippen molar-refractivity contribution in [3.05, 3.63) is 29.8 Å². The maximum atomic E-state index is 5.82. The molecule has 0 spiro atoms. The highest BCUT2D eigenvalue weighted by molar-refractivity contribution is 14.1. The second-order valence-electron chi connectivity index (χ2n) is 3.83. The Morgan fingerprint density at radius 1 is 1.43 bits per heavy atom. The minimum atomic E-state index is 0.407. The Kier molecular flexibility index (Phi) is 3.28. The molecule has 76 valence electrons. The van der Waals surface area contributed by atoms with Crippen molar-refractivity contribution in [3.8, 4) is 5.75 Å². The van der Waals surface area contributed by atoms with E-state index in [9.17, 15) is 0 Å². The molecule has 14 heavy (non-hydrogen) atoms. The summed E-state index contributed by atoms with van der Waals surface area (Å²) in [6.45, 7) is 2.09. The summed E-state index contributed by atoms with van der Waals surface area (Å²) in [5.41, 5.74) is 1.25. The molecule has 2 rings (SSSR count). The van der Waals surface area contributed by atoms with Gasteiger partial charge in [0, 0.05) is 41.7 Å². The van der Waals surface area contributed by atoms with Gasteiger partial charge in [0.25, 0.3) is 0 Å². The Bertz CT molecular complexity index is 310. The van der Waals surface area contributed by atoms with Gasteiger partial charge in [-0.25, -0.2) is 0 Å². The second-order valence-corrected chi connectivity index (χ2v) is 4.46. The monoisotopic (exact) mass is 303 g/mol. The summed E-state index contributed by atoms with van der Waals surface area (Å²) in [6, 6.07) is 8.88.